The zero-order valence-electron chi connectivity index (χ0n) is 15.4. The molecule has 0 bridgehead atoms. The first-order chi connectivity index (χ1) is 13.0. The Hall–Kier alpha value is -1.78. The van der Waals surface area contributed by atoms with E-state index in [0.29, 0.717) is 35.0 Å². The Morgan fingerprint density at radius 2 is 2.04 bits per heavy atom. The lowest BCUT2D eigenvalue weighted by Gasteiger charge is -2.17. The highest BCUT2D eigenvalue weighted by Gasteiger charge is 2.35. The van der Waals surface area contributed by atoms with Crippen LogP contribution in [0.1, 0.15) is 42.5 Å². The van der Waals surface area contributed by atoms with Gasteiger partial charge in [0.15, 0.2) is 4.34 Å². The van der Waals surface area contributed by atoms with Gasteiger partial charge in [-0.1, -0.05) is 30.0 Å². The Morgan fingerprint density at radius 1 is 1.26 bits per heavy atom. The maximum absolute atomic E-state index is 12.2. The number of hydrogen-bond donors (Lipinski definition) is 1. The molecule has 3 aromatic heterocycles. The molecule has 0 atom stereocenters. The van der Waals surface area contributed by atoms with E-state index < -0.39 is 0 Å². The number of fused-ring (bicyclic) bond motifs is 1. The largest absolute Gasteiger partial charge is 0.383 e. The van der Waals surface area contributed by atoms with E-state index >= 15 is 0 Å². The first-order valence-electron chi connectivity index (χ1n) is 8.78. The maximum atomic E-state index is 12.2. The topological polar surface area (TPSA) is 97.9 Å². The summed E-state index contributed by atoms with van der Waals surface area (Å²) in [5.74, 6) is 1.89. The molecule has 4 rings (SSSR count). The monoisotopic (exact) mass is 420 g/mol. The van der Waals surface area contributed by atoms with Gasteiger partial charge in [0.25, 0.3) is 0 Å². The molecule has 1 fully saturated rings. The molecule has 142 valence electrons. The molecular weight excluding hydrogens is 400 g/mol. The summed E-state index contributed by atoms with van der Waals surface area (Å²) in [6.07, 6.45) is 2.56. The van der Waals surface area contributed by atoms with Gasteiger partial charge >= 0.3 is 0 Å². The smallest absolute Gasteiger partial charge is 0.228 e. The quantitative estimate of drug-likeness (QED) is 0.476. The van der Waals surface area contributed by atoms with Crippen LogP contribution in [-0.4, -0.2) is 32.1 Å². The molecular formula is C17H20N6OS3. The SMILES string of the molecule is CCC(=O)N(c1nnc(SCc2nc(N)c3c(C)c(C)sc3n2)s1)C1CC1. The summed E-state index contributed by atoms with van der Waals surface area (Å²) in [5.41, 5.74) is 7.30. The van der Waals surface area contributed by atoms with Crippen molar-refractivity contribution in [2.75, 3.05) is 10.6 Å². The molecule has 1 amide bonds. The van der Waals surface area contributed by atoms with Gasteiger partial charge in [0.2, 0.25) is 11.0 Å². The summed E-state index contributed by atoms with van der Waals surface area (Å²) < 4.78 is 0.806. The fraction of sp³-hybridized carbons (Fsp3) is 0.471. The van der Waals surface area contributed by atoms with E-state index in [9.17, 15) is 4.79 Å². The van der Waals surface area contributed by atoms with Crippen LogP contribution in [0.2, 0.25) is 0 Å². The van der Waals surface area contributed by atoms with Crippen LogP contribution in [-0.2, 0) is 10.5 Å². The molecule has 2 N–H and O–H groups in total. The van der Waals surface area contributed by atoms with Crippen molar-refractivity contribution in [2.24, 2.45) is 0 Å². The van der Waals surface area contributed by atoms with Crippen LogP contribution in [0.3, 0.4) is 0 Å². The molecule has 1 aliphatic rings. The van der Waals surface area contributed by atoms with Crippen LogP contribution in [0.4, 0.5) is 10.9 Å². The lowest BCUT2D eigenvalue weighted by molar-refractivity contribution is -0.118. The first kappa shape index (κ1) is 18.6. The second kappa shape index (κ2) is 7.33. The van der Waals surface area contributed by atoms with Crippen molar-refractivity contribution in [1.29, 1.82) is 0 Å². The molecule has 1 saturated carbocycles. The molecule has 0 aromatic carbocycles. The Kier molecular flexibility index (Phi) is 5.04. The number of thioether (sulfide) groups is 1. The Balaban J connectivity index is 1.50. The molecule has 1 aliphatic carbocycles. The fourth-order valence-electron chi connectivity index (χ4n) is 2.85. The number of nitrogens with zero attached hydrogens (tertiary/aromatic N) is 5. The highest BCUT2D eigenvalue weighted by molar-refractivity contribution is 8.00. The number of carbonyl (C=O) groups excluding carboxylic acids is 1. The molecule has 0 aliphatic heterocycles. The Bertz CT molecular complexity index is 1010. The number of anilines is 2. The zero-order valence-corrected chi connectivity index (χ0v) is 17.8. The van der Waals surface area contributed by atoms with Gasteiger partial charge in [-0.15, -0.1) is 21.5 Å². The van der Waals surface area contributed by atoms with Crippen molar-refractivity contribution in [1.82, 2.24) is 20.2 Å². The predicted molar refractivity (Wildman–Crippen MR) is 112 cm³/mol. The summed E-state index contributed by atoms with van der Waals surface area (Å²) in [5, 5.41) is 10.1. The van der Waals surface area contributed by atoms with Crippen molar-refractivity contribution in [3.8, 4) is 0 Å². The second-order valence-corrected chi connectivity index (χ2v) is 9.86. The van der Waals surface area contributed by atoms with E-state index in [2.05, 4.69) is 27.1 Å². The number of hydrogen-bond acceptors (Lipinski definition) is 9. The van der Waals surface area contributed by atoms with E-state index in [4.69, 9.17) is 5.73 Å². The van der Waals surface area contributed by atoms with E-state index in [1.165, 1.54) is 28.0 Å². The third-order valence-corrected chi connectivity index (χ3v) is 7.67. The van der Waals surface area contributed by atoms with Gasteiger partial charge < -0.3 is 5.73 Å². The van der Waals surface area contributed by atoms with Gasteiger partial charge in [0.1, 0.15) is 16.5 Å². The molecule has 10 heteroatoms. The van der Waals surface area contributed by atoms with Gasteiger partial charge in [0.05, 0.1) is 11.1 Å². The number of rotatable bonds is 6. The molecule has 0 spiro atoms. The fourth-order valence-corrected chi connectivity index (χ4v) is 5.69. The van der Waals surface area contributed by atoms with Crippen LogP contribution in [0, 0.1) is 13.8 Å². The number of nitrogens with two attached hydrogens (primary N) is 1. The van der Waals surface area contributed by atoms with Crippen molar-refractivity contribution in [3.63, 3.8) is 0 Å². The molecule has 3 aromatic rings. The van der Waals surface area contributed by atoms with Gasteiger partial charge in [-0.25, -0.2) is 9.97 Å². The molecule has 3 heterocycles. The first-order valence-corrected chi connectivity index (χ1v) is 11.4. The lowest BCUT2D eigenvalue weighted by atomic mass is 10.2. The van der Waals surface area contributed by atoms with Gasteiger partial charge in [-0.3, -0.25) is 9.69 Å². The summed E-state index contributed by atoms with van der Waals surface area (Å²) in [6.45, 7) is 6.00. The van der Waals surface area contributed by atoms with Crippen LogP contribution in [0.15, 0.2) is 4.34 Å². The highest BCUT2D eigenvalue weighted by atomic mass is 32.2. The van der Waals surface area contributed by atoms with Crippen LogP contribution >= 0.6 is 34.4 Å². The summed E-state index contributed by atoms with van der Waals surface area (Å²) in [7, 11) is 0. The van der Waals surface area contributed by atoms with Gasteiger partial charge in [-0.2, -0.15) is 0 Å². The van der Waals surface area contributed by atoms with Gasteiger partial charge in [0, 0.05) is 17.3 Å². The van der Waals surface area contributed by atoms with Crippen LogP contribution in [0.25, 0.3) is 10.2 Å². The average Bonchev–Trinajstić information content (AvgIpc) is 3.28. The third-order valence-electron chi connectivity index (χ3n) is 4.51. The van der Waals surface area contributed by atoms with Crippen LogP contribution < -0.4 is 10.6 Å². The average molecular weight is 421 g/mol. The number of amides is 1. The Morgan fingerprint density at radius 3 is 2.74 bits per heavy atom. The van der Waals surface area contributed by atoms with E-state index in [-0.39, 0.29) is 5.91 Å². The molecule has 0 saturated heterocycles. The standard InChI is InChI=1S/C17H20N6OS3/c1-4-12(24)23(10-5-6-10)16-21-22-17(27-16)25-7-11-19-14(18)13-8(2)9(3)26-15(13)20-11/h10H,4-7H2,1-3H3,(H2,18,19,20). The normalized spacial score (nSPS) is 14.0. The van der Waals surface area contributed by atoms with E-state index in [0.717, 1.165) is 33.0 Å². The lowest BCUT2D eigenvalue weighted by Crippen LogP contribution is -2.32. The number of thiophene rings is 1. The van der Waals surface area contributed by atoms with Crippen molar-refractivity contribution >= 4 is 61.5 Å². The molecule has 0 radical (unpaired) electrons. The van der Waals surface area contributed by atoms with E-state index in [1.54, 1.807) is 16.2 Å². The number of aryl methyl sites for hydroxylation is 2. The summed E-state index contributed by atoms with van der Waals surface area (Å²) >= 11 is 4.61. The number of carbonyl (C=O) groups is 1. The number of nitrogen functional groups attached to an aromatic ring is 1. The van der Waals surface area contributed by atoms with Crippen LogP contribution in [0.5, 0.6) is 0 Å². The number of aromatic nitrogens is 4. The van der Waals surface area contributed by atoms with Gasteiger partial charge in [-0.05, 0) is 32.3 Å². The summed E-state index contributed by atoms with van der Waals surface area (Å²) in [4.78, 5) is 25.3. The molecule has 7 nitrogen and oxygen atoms in total. The predicted octanol–water partition coefficient (Wildman–Crippen LogP) is 3.94. The minimum Gasteiger partial charge on any atom is -0.383 e. The Labute approximate surface area is 169 Å². The second-order valence-electron chi connectivity index (χ2n) is 6.48. The van der Waals surface area contributed by atoms with E-state index in [1.807, 2.05) is 13.8 Å². The van der Waals surface area contributed by atoms with Crippen molar-refractivity contribution in [3.05, 3.63) is 16.3 Å². The maximum Gasteiger partial charge on any atom is 0.228 e. The minimum absolute atomic E-state index is 0.107. The minimum atomic E-state index is 0.107. The molecule has 27 heavy (non-hydrogen) atoms. The summed E-state index contributed by atoms with van der Waals surface area (Å²) in [6, 6.07) is 0.291. The van der Waals surface area contributed by atoms with Crippen molar-refractivity contribution < 1.29 is 4.79 Å². The van der Waals surface area contributed by atoms with Crippen molar-refractivity contribution in [2.45, 2.75) is 56.2 Å². The molecule has 0 unspecified atom stereocenters. The highest BCUT2D eigenvalue weighted by Crippen LogP contribution is 2.37. The zero-order chi connectivity index (χ0) is 19.1. The third kappa shape index (κ3) is 3.65.